The average Bonchev–Trinajstić information content (AvgIpc) is 3.44. The predicted molar refractivity (Wildman–Crippen MR) is 129 cm³/mol. The van der Waals surface area contributed by atoms with E-state index in [9.17, 15) is 19.2 Å². The Morgan fingerprint density at radius 3 is 2.49 bits per heavy atom. The van der Waals surface area contributed by atoms with Crippen LogP contribution in [0, 0.1) is 12.3 Å². The van der Waals surface area contributed by atoms with Gasteiger partial charge in [0.05, 0.1) is 16.1 Å². The van der Waals surface area contributed by atoms with Crippen molar-refractivity contribution in [3.8, 4) is 10.4 Å². The number of aryl methyl sites for hydroxylation is 1. The topological polar surface area (TPSA) is 129 Å². The first-order chi connectivity index (χ1) is 16.5. The number of carboxylic acid groups (broad SMARTS) is 1. The highest BCUT2D eigenvalue weighted by Crippen LogP contribution is 2.28. The summed E-state index contributed by atoms with van der Waals surface area (Å²) in [6.07, 6.45) is 1.22. The summed E-state index contributed by atoms with van der Waals surface area (Å²) in [5.41, 5.74) is 4.18. The molecule has 0 bridgehead atoms. The molecule has 1 saturated heterocycles. The molecule has 3 amide bonds. The summed E-state index contributed by atoms with van der Waals surface area (Å²) in [5, 5.41) is 14.5. The summed E-state index contributed by atoms with van der Waals surface area (Å²) >= 11 is -0.193. The number of aromatic nitrogens is 1. The number of benzene rings is 1. The van der Waals surface area contributed by atoms with Gasteiger partial charge in [-0.3, -0.25) is 9.59 Å². The Hall–Kier alpha value is -2.54. The highest BCUT2D eigenvalue weighted by molar-refractivity contribution is 7.13. The number of carbonyl (C=O) groups is 4. The lowest BCUT2D eigenvalue weighted by Crippen LogP contribution is -3.68. The van der Waals surface area contributed by atoms with Gasteiger partial charge in [-0.25, -0.2) is 9.78 Å². The quantitative estimate of drug-likeness (QED) is 0.228. The minimum atomic E-state index is -1.78. The maximum absolute atomic E-state index is 13.4. The Labute approximate surface area is 219 Å². The van der Waals surface area contributed by atoms with Gasteiger partial charge in [0.25, 0.3) is 0 Å². The Balaban J connectivity index is 1.64. The van der Waals surface area contributed by atoms with Crippen molar-refractivity contribution in [3.05, 3.63) is 41.0 Å². The minimum Gasteiger partial charge on any atom is -0.443 e. The number of nitrogens with zero attached hydrogens (tertiary/aromatic N) is 2. The molecule has 1 aromatic carbocycles. The fourth-order valence-electron chi connectivity index (χ4n) is 3.99. The van der Waals surface area contributed by atoms with Crippen LogP contribution < -0.4 is 31.8 Å². The zero-order valence-corrected chi connectivity index (χ0v) is 23.1. The third-order valence-corrected chi connectivity index (χ3v) is 8.04. The first-order valence-electron chi connectivity index (χ1n) is 11.2. The lowest BCUT2D eigenvalue weighted by atomic mass is 9.85. The maximum atomic E-state index is 13.4. The van der Waals surface area contributed by atoms with Gasteiger partial charge in [-0.1, -0.05) is 45.0 Å². The number of hydrogen-bond acceptors (Lipinski definition) is 6. The second-order valence-electron chi connectivity index (χ2n) is 9.44. The Bertz CT molecular complexity index is 1100. The van der Waals surface area contributed by atoms with Crippen LogP contribution in [0.15, 0.2) is 29.8 Å². The maximum Gasteiger partial charge on any atom is 0.562 e. The Morgan fingerprint density at radius 2 is 1.91 bits per heavy atom. The lowest BCUT2D eigenvalue weighted by Gasteiger charge is -2.34. The molecule has 1 aromatic heterocycles. The average molecular weight is 613 g/mol. The van der Waals surface area contributed by atoms with Gasteiger partial charge in [-0.15, -0.1) is 11.3 Å². The molecule has 2 aromatic rings. The van der Waals surface area contributed by atoms with Crippen molar-refractivity contribution >= 4 is 31.0 Å². The molecular formula is C24H30IN4O5S+. The number of hydrogen-bond donors (Lipinski definition) is 3. The molecule has 1 aliphatic heterocycles. The molecule has 0 unspecified atom stereocenters. The zero-order valence-electron chi connectivity index (χ0n) is 20.1. The van der Waals surface area contributed by atoms with Crippen LogP contribution in [0.5, 0.6) is 0 Å². The van der Waals surface area contributed by atoms with E-state index in [1.165, 1.54) is 4.90 Å². The molecule has 0 saturated carbocycles. The van der Waals surface area contributed by atoms with Crippen LogP contribution in [0.1, 0.15) is 44.9 Å². The minimum absolute atomic E-state index is 0.241. The Morgan fingerprint density at radius 1 is 1.23 bits per heavy atom. The van der Waals surface area contributed by atoms with Crippen molar-refractivity contribution in [1.29, 1.82) is 0 Å². The van der Waals surface area contributed by atoms with Crippen molar-refractivity contribution in [1.82, 2.24) is 20.5 Å². The summed E-state index contributed by atoms with van der Waals surface area (Å²) in [5.74, 6) is -0.600. The molecule has 3 rings (SSSR count). The van der Waals surface area contributed by atoms with E-state index in [2.05, 4.69) is 15.6 Å². The van der Waals surface area contributed by atoms with Crippen molar-refractivity contribution in [2.24, 2.45) is 5.41 Å². The molecule has 3 N–H and O–H groups in total. The monoisotopic (exact) mass is 613 g/mol. The van der Waals surface area contributed by atoms with Crippen molar-refractivity contribution in [2.45, 2.75) is 59.2 Å². The highest BCUT2D eigenvalue weighted by Gasteiger charge is 2.44. The highest BCUT2D eigenvalue weighted by atomic mass is 127. The van der Waals surface area contributed by atoms with Gasteiger partial charge in [-0.2, -0.15) is 4.79 Å². The van der Waals surface area contributed by atoms with E-state index in [0.717, 1.165) is 21.7 Å². The molecule has 11 heteroatoms. The second-order valence-corrected chi connectivity index (χ2v) is 12.7. The molecule has 188 valence electrons. The summed E-state index contributed by atoms with van der Waals surface area (Å²) in [6.45, 7) is 8.13. The fourth-order valence-corrected chi connectivity index (χ4v) is 5.69. The molecule has 1 fully saturated rings. The standard InChI is InChI=1S/C24H29IN4O5S/c1-14-18(35-13-27-14)16-9-7-15(8-10-16)12-26-20(30)17-6-5-11-29(17)21(31)19(24(2,3)4)28-22(32)25-23(33)34/h7-10,13,17,19H,5-6,11-12H2,1-4H3,(H2-,26,28,30,32,33,34)/p+1/t17-,19+/m0/s1. The van der Waals surface area contributed by atoms with E-state index in [-0.39, 0.29) is 11.8 Å². The normalized spacial score (nSPS) is 16.6. The van der Waals surface area contributed by atoms with E-state index in [0.29, 0.717) is 25.9 Å². The SMILES string of the molecule is Cc1ncsc1-c1ccc(CNC(=O)[C@@H]2CCCN2C(=O)[C@@H](NC(=O)[I+]C(=O)O)C(C)(C)C)cc1. The van der Waals surface area contributed by atoms with E-state index in [1.54, 1.807) is 32.1 Å². The largest absolute Gasteiger partial charge is 0.562 e. The first kappa shape index (κ1) is 27.1. The zero-order chi connectivity index (χ0) is 25.8. The first-order valence-corrected chi connectivity index (χ1v) is 14.3. The molecule has 2 heterocycles. The van der Waals surface area contributed by atoms with E-state index >= 15 is 0 Å². The van der Waals surface area contributed by atoms with Gasteiger partial charge >= 0.3 is 29.1 Å². The van der Waals surface area contributed by atoms with Crippen LogP contribution in [0.25, 0.3) is 10.4 Å². The number of nitrogens with one attached hydrogen (secondary N) is 2. The second kappa shape index (κ2) is 11.5. The van der Waals surface area contributed by atoms with Gasteiger partial charge in [0.15, 0.2) is 0 Å². The van der Waals surface area contributed by atoms with Gasteiger partial charge in [0.2, 0.25) is 11.8 Å². The number of rotatable bonds is 8. The molecule has 2 atom stereocenters. The Kier molecular flexibility index (Phi) is 8.86. The molecular weight excluding hydrogens is 583 g/mol. The van der Waals surface area contributed by atoms with Crippen LogP contribution in [0.4, 0.5) is 9.59 Å². The fraction of sp³-hybridized carbons (Fsp3) is 0.458. The number of carbonyl (C=O) groups excluding carboxylic acids is 3. The third kappa shape index (κ3) is 7.00. The van der Waals surface area contributed by atoms with E-state index < -0.39 is 46.6 Å². The predicted octanol–water partition coefficient (Wildman–Crippen LogP) is 0.617. The van der Waals surface area contributed by atoms with Gasteiger partial charge in [-0.05, 0) is 36.3 Å². The molecule has 0 aliphatic carbocycles. The number of halogens is 1. The number of likely N-dealkylation sites (tertiary alicyclic amines) is 1. The van der Waals surface area contributed by atoms with Crippen molar-refractivity contribution in [2.75, 3.05) is 6.54 Å². The summed E-state index contributed by atoms with van der Waals surface area (Å²) in [4.78, 5) is 56.3. The van der Waals surface area contributed by atoms with Crippen LogP contribution in [0.3, 0.4) is 0 Å². The van der Waals surface area contributed by atoms with Crippen LogP contribution in [0.2, 0.25) is 0 Å². The molecule has 0 radical (unpaired) electrons. The summed E-state index contributed by atoms with van der Waals surface area (Å²) < 4.78 is -1.78. The van der Waals surface area contributed by atoms with Crippen molar-refractivity contribution in [3.63, 3.8) is 0 Å². The lowest BCUT2D eigenvalue weighted by molar-refractivity contribution is -0.467. The van der Waals surface area contributed by atoms with Crippen molar-refractivity contribution < 1.29 is 45.5 Å². The molecule has 0 spiro atoms. The smallest absolute Gasteiger partial charge is 0.443 e. The van der Waals surface area contributed by atoms with E-state index in [1.807, 2.05) is 36.7 Å². The van der Waals surface area contributed by atoms with Crippen LogP contribution in [-0.2, 0) is 16.1 Å². The van der Waals surface area contributed by atoms with Crippen LogP contribution >= 0.6 is 11.3 Å². The molecule has 35 heavy (non-hydrogen) atoms. The number of thiazole rings is 1. The molecule has 9 nitrogen and oxygen atoms in total. The van der Waals surface area contributed by atoms with Gasteiger partial charge < -0.3 is 20.6 Å². The summed E-state index contributed by atoms with van der Waals surface area (Å²) in [6, 6.07) is 6.39. The molecule has 1 aliphatic rings. The van der Waals surface area contributed by atoms with Gasteiger partial charge in [0.1, 0.15) is 12.1 Å². The number of amides is 3. The third-order valence-electron chi connectivity index (χ3n) is 5.80. The summed E-state index contributed by atoms with van der Waals surface area (Å²) in [7, 11) is 0. The van der Waals surface area contributed by atoms with Gasteiger partial charge in [0, 0.05) is 13.1 Å². The van der Waals surface area contributed by atoms with Crippen LogP contribution in [-0.4, -0.2) is 53.3 Å². The van der Waals surface area contributed by atoms with E-state index in [4.69, 9.17) is 5.11 Å².